The average Bonchev–Trinajstić information content (AvgIpc) is 3.08. The van der Waals surface area contributed by atoms with Crippen molar-refractivity contribution in [2.24, 2.45) is 0 Å². The van der Waals surface area contributed by atoms with E-state index in [1.165, 1.54) is 37.7 Å². The number of rotatable bonds is 8. The molecule has 25 heavy (non-hydrogen) atoms. The van der Waals surface area contributed by atoms with Gasteiger partial charge in [-0.2, -0.15) is 12.6 Å². The predicted octanol–water partition coefficient (Wildman–Crippen LogP) is 4.40. The summed E-state index contributed by atoms with van der Waals surface area (Å²) in [6.07, 6.45) is 12.3. The van der Waals surface area contributed by atoms with E-state index >= 15 is 0 Å². The summed E-state index contributed by atoms with van der Waals surface area (Å²) in [5, 5.41) is 0. The van der Waals surface area contributed by atoms with Gasteiger partial charge in [-0.3, -0.25) is 4.90 Å². The molecule has 3 rings (SSSR count). The summed E-state index contributed by atoms with van der Waals surface area (Å²) < 4.78 is 12.1. The quantitative estimate of drug-likeness (QED) is 0.548. The van der Waals surface area contributed by atoms with Gasteiger partial charge in [0.05, 0.1) is 12.7 Å². The zero-order valence-electron chi connectivity index (χ0n) is 15.1. The number of benzene rings is 1. The summed E-state index contributed by atoms with van der Waals surface area (Å²) in [6, 6.07) is 11.1. The maximum atomic E-state index is 6.32. The molecule has 1 aromatic carbocycles. The molecule has 2 aliphatic rings. The molecular formula is C21H31NO2S. The number of nitrogens with zero attached hydrogens (tertiary/aromatic N) is 1. The topological polar surface area (TPSA) is 21.7 Å². The molecule has 2 fully saturated rings. The highest BCUT2D eigenvalue weighted by Gasteiger charge is 2.36. The minimum absolute atomic E-state index is 0.0711. The smallest absolute Gasteiger partial charge is 0.131 e. The van der Waals surface area contributed by atoms with Crippen LogP contribution in [0.3, 0.4) is 0 Å². The van der Waals surface area contributed by atoms with Crippen LogP contribution in [0.4, 0.5) is 0 Å². The lowest BCUT2D eigenvalue weighted by Gasteiger charge is -2.33. The van der Waals surface area contributed by atoms with Crippen LogP contribution < -0.4 is 0 Å². The molecular weight excluding hydrogens is 330 g/mol. The molecule has 2 atom stereocenters. The molecule has 0 bridgehead atoms. The number of hydrogen-bond donors (Lipinski definition) is 1. The van der Waals surface area contributed by atoms with Gasteiger partial charge in [-0.1, -0.05) is 55.7 Å². The molecule has 4 heteroatoms. The van der Waals surface area contributed by atoms with Crippen LogP contribution in [0, 0.1) is 0 Å². The Morgan fingerprint density at radius 1 is 1.16 bits per heavy atom. The molecule has 1 saturated heterocycles. The Bertz CT molecular complexity index is 516. The first-order chi connectivity index (χ1) is 12.4. The van der Waals surface area contributed by atoms with Crippen LogP contribution in [0.15, 0.2) is 36.4 Å². The second-order valence-electron chi connectivity index (χ2n) is 7.06. The SMILES string of the molecule is SCCCOCC1CN(C2CCCCC2)C(/C=C/c2ccccc2)O1. The van der Waals surface area contributed by atoms with Crippen molar-refractivity contribution in [2.75, 3.05) is 25.5 Å². The van der Waals surface area contributed by atoms with E-state index in [4.69, 9.17) is 9.47 Å². The van der Waals surface area contributed by atoms with E-state index in [9.17, 15) is 0 Å². The highest BCUT2D eigenvalue weighted by molar-refractivity contribution is 7.80. The Labute approximate surface area is 157 Å². The average molecular weight is 362 g/mol. The van der Waals surface area contributed by atoms with E-state index in [2.05, 4.69) is 60.0 Å². The molecule has 3 nitrogen and oxygen atoms in total. The zero-order chi connectivity index (χ0) is 17.3. The molecule has 0 N–H and O–H groups in total. The Morgan fingerprint density at radius 3 is 2.72 bits per heavy atom. The van der Waals surface area contributed by atoms with Crippen molar-refractivity contribution in [3.63, 3.8) is 0 Å². The van der Waals surface area contributed by atoms with Crippen LogP contribution in [0.2, 0.25) is 0 Å². The second-order valence-corrected chi connectivity index (χ2v) is 7.51. The molecule has 1 aromatic rings. The third-order valence-electron chi connectivity index (χ3n) is 5.12. The van der Waals surface area contributed by atoms with E-state index in [-0.39, 0.29) is 12.3 Å². The van der Waals surface area contributed by atoms with Gasteiger partial charge in [-0.05, 0) is 36.7 Å². The van der Waals surface area contributed by atoms with Crippen LogP contribution in [0.5, 0.6) is 0 Å². The van der Waals surface area contributed by atoms with E-state index in [1.54, 1.807) is 0 Å². The van der Waals surface area contributed by atoms with Crippen molar-refractivity contribution >= 4 is 18.7 Å². The first-order valence-electron chi connectivity index (χ1n) is 9.70. The Kier molecular flexibility index (Phi) is 7.86. The summed E-state index contributed by atoms with van der Waals surface area (Å²) in [7, 11) is 0. The fourth-order valence-corrected chi connectivity index (χ4v) is 3.94. The van der Waals surface area contributed by atoms with Gasteiger partial charge < -0.3 is 9.47 Å². The van der Waals surface area contributed by atoms with Gasteiger partial charge in [0, 0.05) is 19.2 Å². The Morgan fingerprint density at radius 2 is 1.96 bits per heavy atom. The second kappa shape index (κ2) is 10.4. The first-order valence-corrected chi connectivity index (χ1v) is 10.3. The van der Waals surface area contributed by atoms with Gasteiger partial charge in [0.25, 0.3) is 0 Å². The third kappa shape index (κ3) is 5.85. The van der Waals surface area contributed by atoms with Crippen LogP contribution in [0.1, 0.15) is 44.1 Å². The van der Waals surface area contributed by atoms with E-state index in [0.29, 0.717) is 12.6 Å². The molecule has 0 spiro atoms. The summed E-state index contributed by atoms with van der Waals surface area (Å²) >= 11 is 4.23. The monoisotopic (exact) mass is 361 g/mol. The maximum absolute atomic E-state index is 6.32. The van der Waals surface area contributed by atoms with Gasteiger partial charge >= 0.3 is 0 Å². The van der Waals surface area contributed by atoms with Crippen LogP contribution in [0.25, 0.3) is 6.08 Å². The van der Waals surface area contributed by atoms with Crippen molar-refractivity contribution in [2.45, 2.75) is 56.9 Å². The number of ether oxygens (including phenoxy) is 2. The van der Waals surface area contributed by atoms with E-state index in [1.807, 2.05) is 0 Å². The van der Waals surface area contributed by atoms with Crippen molar-refractivity contribution in [3.05, 3.63) is 42.0 Å². The van der Waals surface area contributed by atoms with Gasteiger partial charge in [-0.15, -0.1) is 0 Å². The highest BCUT2D eigenvalue weighted by atomic mass is 32.1. The lowest BCUT2D eigenvalue weighted by Crippen LogP contribution is -2.40. The van der Waals surface area contributed by atoms with Crippen LogP contribution in [-0.2, 0) is 9.47 Å². The standard InChI is InChI=1S/C21H31NO2S/c25-15-7-14-23-17-20-16-22(19-10-5-2-6-11-19)21(24-20)13-12-18-8-3-1-4-9-18/h1,3-4,8-9,12-13,19-21,25H,2,5-7,10-11,14-17H2/b13-12+. The fraction of sp³-hybridized carbons (Fsp3) is 0.619. The molecule has 1 aliphatic heterocycles. The maximum Gasteiger partial charge on any atom is 0.131 e. The molecule has 138 valence electrons. The van der Waals surface area contributed by atoms with E-state index < -0.39 is 0 Å². The van der Waals surface area contributed by atoms with Gasteiger partial charge in [0.15, 0.2) is 0 Å². The number of hydrogen-bond acceptors (Lipinski definition) is 4. The number of thiol groups is 1. The zero-order valence-corrected chi connectivity index (χ0v) is 15.9. The minimum atomic E-state index is 0.0711. The lowest BCUT2D eigenvalue weighted by atomic mass is 9.94. The first kappa shape index (κ1) is 19.0. The van der Waals surface area contributed by atoms with Crippen molar-refractivity contribution < 1.29 is 9.47 Å². The Balaban J connectivity index is 1.60. The fourth-order valence-electron chi connectivity index (χ4n) is 3.81. The lowest BCUT2D eigenvalue weighted by molar-refractivity contribution is -0.0193. The van der Waals surface area contributed by atoms with Gasteiger partial charge in [-0.25, -0.2) is 0 Å². The van der Waals surface area contributed by atoms with Crippen LogP contribution in [-0.4, -0.2) is 48.8 Å². The predicted molar refractivity (Wildman–Crippen MR) is 107 cm³/mol. The Hall–Kier alpha value is -0.810. The van der Waals surface area contributed by atoms with E-state index in [0.717, 1.165) is 25.3 Å². The summed E-state index contributed by atoms with van der Waals surface area (Å²) in [6.45, 7) is 2.44. The molecule has 0 radical (unpaired) electrons. The summed E-state index contributed by atoms with van der Waals surface area (Å²) in [5.41, 5.74) is 1.23. The molecule has 0 aromatic heterocycles. The highest BCUT2D eigenvalue weighted by Crippen LogP contribution is 2.29. The van der Waals surface area contributed by atoms with Gasteiger partial charge in [0.1, 0.15) is 6.23 Å². The molecule has 1 saturated carbocycles. The van der Waals surface area contributed by atoms with Crippen molar-refractivity contribution in [1.82, 2.24) is 4.90 Å². The molecule has 1 aliphatic carbocycles. The minimum Gasteiger partial charge on any atom is -0.379 e. The largest absolute Gasteiger partial charge is 0.379 e. The van der Waals surface area contributed by atoms with Gasteiger partial charge in [0.2, 0.25) is 0 Å². The normalized spacial score (nSPS) is 25.8. The molecule has 0 amide bonds. The molecule has 1 heterocycles. The summed E-state index contributed by atoms with van der Waals surface area (Å²) in [5.74, 6) is 0.877. The molecule has 2 unspecified atom stereocenters. The van der Waals surface area contributed by atoms with Crippen LogP contribution >= 0.6 is 12.6 Å². The van der Waals surface area contributed by atoms with Crippen molar-refractivity contribution in [3.8, 4) is 0 Å². The van der Waals surface area contributed by atoms with Crippen molar-refractivity contribution in [1.29, 1.82) is 0 Å². The third-order valence-corrected chi connectivity index (χ3v) is 5.44. The summed E-state index contributed by atoms with van der Waals surface area (Å²) in [4.78, 5) is 2.56.